The molecule has 1 atom stereocenters. The first kappa shape index (κ1) is 13.4. The van der Waals surface area contributed by atoms with Crippen LogP contribution in [0.3, 0.4) is 0 Å². The van der Waals surface area contributed by atoms with E-state index >= 15 is 0 Å². The second-order valence-electron chi connectivity index (χ2n) is 4.00. The average molecular weight is 231 g/mol. The summed E-state index contributed by atoms with van der Waals surface area (Å²) in [7, 11) is 0. The molecule has 94 valence electrons. The average Bonchev–Trinajstić information content (AvgIpc) is 2.34. The number of nitrogens with two attached hydrogens (primary N) is 1. The molecule has 1 fully saturated rings. The van der Waals surface area contributed by atoms with E-state index in [2.05, 4.69) is 10.3 Å². The third kappa shape index (κ3) is 4.89. The number of unbranched alkanes of at least 4 members (excludes halogenated alkanes) is 1. The summed E-state index contributed by atoms with van der Waals surface area (Å²) in [5, 5.41) is 8.97. The Kier molecular flexibility index (Phi) is 6.32. The van der Waals surface area contributed by atoms with Crippen molar-refractivity contribution >= 4 is 5.91 Å². The lowest BCUT2D eigenvalue weighted by Crippen LogP contribution is -2.44. The SMILES string of the molecule is NNC(=O)CCCCN1CCOC(CO)C1. The second kappa shape index (κ2) is 7.56. The minimum Gasteiger partial charge on any atom is -0.394 e. The number of carbonyl (C=O) groups excluding carboxylic acids is 1. The normalized spacial score (nSPS) is 22.0. The molecular weight excluding hydrogens is 210 g/mol. The highest BCUT2D eigenvalue weighted by Crippen LogP contribution is 2.06. The number of hydrogen-bond acceptors (Lipinski definition) is 5. The number of hydrogen-bond donors (Lipinski definition) is 3. The first-order valence-electron chi connectivity index (χ1n) is 5.70. The van der Waals surface area contributed by atoms with Crippen LogP contribution in [0.1, 0.15) is 19.3 Å². The monoisotopic (exact) mass is 231 g/mol. The zero-order chi connectivity index (χ0) is 11.8. The van der Waals surface area contributed by atoms with Crippen molar-refractivity contribution in [2.24, 2.45) is 5.84 Å². The van der Waals surface area contributed by atoms with Gasteiger partial charge in [-0.05, 0) is 19.4 Å². The number of aliphatic hydroxyl groups excluding tert-OH is 1. The fraction of sp³-hybridized carbons (Fsp3) is 0.900. The van der Waals surface area contributed by atoms with Gasteiger partial charge in [0.15, 0.2) is 0 Å². The van der Waals surface area contributed by atoms with Gasteiger partial charge in [0, 0.05) is 19.5 Å². The van der Waals surface area contributed by atoms with Gasteiger partial charge < -0.3 is 9.84 Å². The number of ether oxygens (including phenoxy) is 1. The van der Waals surface area contributed by atoms with Crippen molar-refractivity contribution in [1.29, 1.82) is 0 Å². The highest BCUT2D eigenvalue weighted by molar-refractivity contribution is 5.75. The summed E-state index contributed by atoms with van der Waals surface area (Å²) in [6.07, 6.45) is 2.22. The molecule has 0 radical (unpaired) electrons. The number of nitrogens with one attached hydrogen (secondary N) is 1. The lowest BCUT2D eigenvalue weighted by atomic mass is 10.2. The van der Waals surface area contributed by atoms with E-state index in [1.165, 1.54) is 0 Å². The predicted molar refractivity (Wildman–Crippen MR) is 59.4 cm³/mol. The van der Waals surface area contributed by atoms with Gasteiger partial charge in [0.2, 0.25) is 5.91 Å². The quantitative estimate of drug-likeness (QED) is 0.232. The molecule has 0 saturated carbocycles. The lowest BCUT2D eigenvalue weighted by Gasteiger charge is -2.31. The number of hydrazine groups is 1. The third-order valence-electron chi connectivity index (χ3n) is 2.72. The number of nitrogens with zero attached hydrogens (tertiary/aromatic N) is 1. The number of amides is 1. The number of aliphatic hydroxyl groups is 1. The van der Waals surface area contributed by atoms with Crippen molar-refractivity contribution < 1.29 is 14.6 Å². The van der Waals surface area contributed by atoms with E-state index in [9.17, 15) is 4.79 Å². The van der Waals surface area contributed by atoms with E-state index in [1.54, 1.807) is 0 Å². The molecule has 1 aliphatic heterocycles. The van der Waals surface area contributed by atoms with Crippen molar-refractivity contribution in [3.05, 3.63) is 0 Å². The molecule has 0 aromatic heterocycles. The highest BCUT2D eigenvalue weighted by atomic mass is 16.5. The maximum absolute atomic E-state index is 10.9. The van der Waals surface area contributed by atoms with Crippen LogP contribution in [0.25, 0.3) is 0 Å². The van der Waals surface area contributed by atoms with Crippen LogP contribution in [0.5, 0.6) is 0 Å². The van der Waals surface area contributed by atoms with Crippen molar-refractivity contribution in [1.82, 2.24) is 10.3 Å². The van der Waals surface area contributed by atoms with Crippen molar-refractivity contribution in [2.75, 3.05) is 32.8 Å². The zero-order valence-corrected chi connectivity index (χ0v) is 9.52. The molecule has 0 aromatic carbocycles. The van der Waals surface area contributed by atoms with Crippen LogP contribution >= 0.6 is 0 Å². The van der Waals surface area contributed by atoms with E-state index in [-0.39, 0.29) is 18.6 Å². The van der Waals surface area contributed by atoms with E-state index in [4.69, 9.17) is 15.7 Å². The number of rotatable bonds is 6. The fourth-order valence-electron chi connectivity index (χ4n) is 1.79. The molecule has 1 aliphatic rings. The Morgan fingerprint density at radius 3 is 3.06 bits per heavy atom. The molecule has 6 heteroatoms. The molecule has 6 nitrogen and oxygen atoms in total. The Morgan fingerprint density at radius 1 is 1.56 bits per heavy atom. The molecule has 1 unspecified atom stereocenters. The highest BCUT2D eigenvalue weighted by Gasteiger charge is 2.18. The molecule has 1 saturated heterocycles. The number of carbonyl (C=O) groups is 1. The van der Waals surface area contributed by atoms with Crippen LogP contribution in [-0.2, 0) is 9.53 Å². The molecule has 1 heterocycles. The topological polar surface area (TPSA) is 87.8 Å². The maximum atomic E-state index is 10.9. The van der Waals surface area contributed by atoms with Gasteiger partial charge in [-0.1, -0.05) is 0 Å². The maximum Gasteiger partial charge on any atom is 0.233 e. The molecular formula is C10H21N3O3. The van der Waals surface area contributed by atoms with Gasteiger partial charge in [0.1, 0.15) is 0 Å². The Balaban J connectivity index is 2.06. The summed E-state index contributed by atoms with van der Waals surface area (Å²) in [6.45, 7) is 3.37. The Hall–Kier alpha value is -0.690. The molecule has 0 aromatic rings. The summed E-state index contributed by atoms with van der Waals surface area (Å²) in [5.74, 6) is 4.86. The van der Waals surface area contributed by atoms with E-state index < -0.39 is 0 Å². The molecule has 0 spiro atoms. The van der Waals surface area contributed by atoms with Gasteiger partial charge in [-0.15, -0.1) is 0 Å². The van der Waals surface area contributed by atoms with E-state index in [0.717, 1.165) is 32.5 Å². The molecule has 0 bridgehead atoms. The standard InChI is InChI=1S/C10H21N3O3/c11-12-10(15)3-1-2-4-13-5-6-16-9(7-13)8-14/h9,14H,1-8,11H2,(H,12,15). The first-order chi connectivity index (χ1) is 7.76. The van der Waals surface area contributed by atoms with Gasteiger partial charge in [-0.3, -0.25) is 15.1 Å². The molecule has 4 N–H and O–H groups in total. The van der Waals surface area contributed by atoms with Crippen LogP contribution in [0.2, 0.25) is 0 Å². The summed E-state index contributed by atoms with van der Waals surface area (Å²) in [6, 6.07) is 0. The van der Waals surface area contributed by atoms with Crippen LogP contribution in [0, 0.1) is 0 Å². The van der Waals surface area contributed by atoms with Gasteiger partial charge >= 0.3 is 0 Å². The Bertz CT molecular complexity index is 213. The van der Waals surface area contributed by atoms with Gasteiger partial charge in [0.25, 0.3) is 0 Å². The van der Waals surface area contributed by atoms with E-state index in [0.29, 0.717) is 13.0 Å². The second-order valence-corrected chi connectivity index (χ2v) is 4.00. The summed E-state index contributed by atoms with van der Waals surface area (Å²) >= 11 is 0. The van der Waals surface area contributed by atoms with Crippen LogP contribution in [0.15, 0.2) is 0 Å². The smallest absolute Gasteiger partial charge is 0.233 e. The fourth-order valence-corrected chi connectivity index (χ4v) is 1.79. The minimum absolute atomic E-state index is 0.0545. The van der Waals surface area contributed by atoms with Crippen LogP contribution < -0.4 is 11.3 Å². The molecule has 1 rings (SSSR count). The summed E-state index contributed by atoms with van der Waals surface area (Å²) in [4.78, 5) is 13.1. The van der Waals surface area contributed by atoms with Gasteiger partial charge in [0.05, 0.1) is 19.3 Å². The summed E-state index contributed by atoms with van der Waals surface area (Å²) < 4.78 is 5.35. The number of morpholine rings is 1. The Labute approximate surface area is 95.7 Å². The summed E-state index contributed by atoms with van der Waals surface area (Å²) in [5.41, 5.74) is 2.11. The lowest BCUT2D eigenvalue weighted by molar-refractivity contribution is -0.121. The first-order valence-corrected chi connectivity index (χ1v) is 5.70. The largest absolute Gasteiger partial charge is 0.394 e. The zero-order valence-electron chi connectivity index (χ0n) is 9.52. The minimum atomic E-state index is -0.116. The van der Waals surface area contributed by atoms with Gasteiger partial charge in [-0.2, -0.15) is 0 Å². The van der Waals surface area contributed by atoms with Crippen LogP contribution in [-0.4, -0.2) is 54.9 Å². The Morgan fingerprint density at radius 2 is 2.38 bits per heavy atom. The van der Waals surface area contributed by atoms with Crippen molar-refractivity contribution in [3.8, 4) is 0 Å². The molecule has 16 heavy (non-hydrogen) atoms. The third-order valence-corrected chi connectivity index (χ3v) is 2.72. The predicted octanol–water partition coefficient (Wildman–Crippen LogP) is -1.16. The van der Waals surface area contributed by atoms with E-state index in [1.807, 2.05) is 0 Å². The molecule has 0 aliphatic carbocycles. The van der Waals surface area contributed by atoms with Crippen LogP contribution in [0.4, 0.5) is 0 Å². The van der Waals surface area contributed by atoms with Crippen molar-refractivity contribution in [3.63, 3.8) is 0 Å². The molecule has 1 amide bonds. The van der Waals surface area contributed by atoms with Crippen molar-refractivity contribution in [2.45, 2.75) is 25.4 Å². The van der Waals surface area contributed by atoms with Gasteiger partial charge in [-0.25, -0.2) is 5.84 Å².